The van der Waals surface area contributed by atoms with Crippen LogP contribution >= 0.6 is 0 Å². The zero-order valence-electron chi connectivity index (χ0n) is 10.8. The third-order valence-electron chi connectivity index (χ3n) is 3.48. The summed E-state index contributed by atoms with van der Waals surface area (Å²) in [6.45, 7) is 4.18. The molecule has 0 amide bonds. The summed E-state index contributed by atoms with van der Waals surface area (Å²) in [5.41, 5.74) is 2.22. The van der Waals surface area contributed by atoms with Crippen LogP contribution in [0.3, 0.4) is 0 Å². The summed E-state index contributed by atoms with van der Waals surface area (Å²) >= 11 is 0. The van der Waals surface area contributed by atoms with Crippen LogP contribution in [0.5, 0.6) is 0 Å². The Balaban J connectivity index is 1.83. The summed E-state index contributed by atoms with van der Waals surface area (Å²) in [6, 6.07) is 8.16. The van der Waals surface area contributed by atoms with Gasteiger partial charge in [0.25, 0.3) is 0 Å². The largest absolute Gasteiger partial charge is 0.420 e. The third-order valence-corrected chi connectivity index (χ3v) is 3.48. The molecule has 0 saturated carbocycles. The van der Waals surface area contributed by atoms with Crippen LogP contribution in [0, 0.1) is 6.92 Å². The van der Waals surface area contributed by atoms with Gasteiger partial charge in [0.2, 0.25) is 11.8 Å². The highest BCUT2D eigenvalue weighted by Crippen LogP contribution is 2.27. The highest BCUT2D eigenvalue weighted by atomic mass is 16.4. The molecule has 0 N–H and O–H groups in total. The van der Waals surface area contributed by atoms with E-state index in [0.29, 0.717) is 11.8 Å². The van der Waals surface area contributed by atoms with Gasteiger partial charge >= 0.3 is 0 Å². The maximum atomic E-state index is 5.79. The number of aryl methyl sites for hydroxylation is 1. The number of benzene rings is 1. The van der Waals surface area contributed by atoms with E-state index in [0.717, 1.165) is 31.0 Å². The molecule has 0 radical (unpaired) electrons. The maximum absolute atomic E-state index is 5.79. The Bertz CT molecular complexity index is 532. The summed E-state index contributed by atoms with van der Waals surface area (Å²) < 4.78 is 5.79. The van der Waals surface area contributed by atoms with E-state index in [4.69, 9.17) is 4.42 Å². The Morgan fingerprint density at radius 1 is 1.22 bits per heavy atom. The van der Waals surface area contributed by atoms with Crippen LogP contribution in [0.2, 0.25) is 0 Å². The van der Waals surface area contributed by atoms with E-state index in [1.54, 1.807) is 0 Å². The van der Waals surface area contributed by atoms with Crippen molar-refractivity contribution >= 4 is 0 Å². The third kappa shape index (κ3) is 2.16. The average Bonchev–Trinajstić information content (AvgIpc) is 2.98. The molecule has 1 aliphatic rings. The summed E-state index contributed by atoms with van der Waals surface area (Å²) in [5, 5.41) is 8.34. The summed E-state index contributed by atoms with van der Waals surface area (Å²) in [5.74, 6) is 1.79. The van der Waals surface area contributed by atoms with Crippen molar-refractivity contribution in [2.45, 2.75) is 19.3 Å². The molecule has 2 heterocycles. The quantitative estimate of drug-likeness (QED) is 0.812. The number of aromatic nitrogens is 2. The van der Waals surface area contributed by atoms with Crippen molar-refractivity contribution in [3.8, 4) is 11.5 Å². The van der Waals surface area contributed by atoms with Crippen molar-refractivity contribution in [3.63, 3.8) is 0 Å². The van der Waals surface area contributed by atoms with Gasteiger partial charge in [0.05, 0.1) is 5.92 Å². The topological polar surface area (TPSA) is 42.2 Å². The number of likely N-dealkylation sites (N-methyl/N-ethyl adjacent to an activating group) is 1. The van der Waals surface area contributed by atoms with Gasteiger partial charge in [-0.05, 0) is 39.1 Å². The highest BCUT2D eigenvalue weighted by Gasteiger charge is 2.26. The predicted octanol–water partition coefficient (Wildman–Crippen LogP) is 2.46. The van der Waals surface area contributed by atoms with Crippen molar-refractivity contribution in [2.75, 3.05) is 20.1 Å². The van der Waals surface area contributed by atoms with Crippen LogP contribution in [0.1, 0.15) is 23.8 Å². The van der Waals surface area contributed by atoms with Crippen LogP contribution in [-0.4, -0.2) is 35.2 Å². The first-order chi connectivity index (χ1) is 8.72. The van der Waals surface area contributed by atoms with Gasteiger partial charge < -0.3 is 9.32 Å². The lowest BCUT2D eigenvalue weighted by Gasteiger charge is -2.05. The van der Waals surface area contributed by atoms with Gasteiger partial charge in [-0.25, -0.2) is 0 Å². The zero-order valence-corrected chi connectivity index (χ0v) is 10.8. The second-order valence-electron chi connectivity index (χ2n) is 5.06. The van der Waals surface area contributed by atoms with Crippen LogP contribution in [-0.2, 0) is 0 Å². The molecule has 94 valence electrons. The number of hydrogen-bond donors (Lipinski definition) is 0. The van der Waals surface area contributed by atoms with Gasteiger partial charge in [-0.15, -0.1) is 10.2 Å². The maximum Gasteiger partial charge on any atom is 0.247 e. The molecule has 1 aromatic heterocycles. The number of nitrogens with zero attached hydrogens (tertiary/aromatic N) is 3. The lowest BCUT2D eigenvalue weighted by Crippen LogP contribution is -2.13. The Hall–Kier alpha value is -1.68. The molecule has 1 fully saturated rings. The zero-order chi connectivity index (χ0) is 12.5. The summed E-state index contributed by atoms with van der Waals surface area (Å²) in [7, 11) is 2.12. The van der Waals surface area contributed by atoms with E-state index in [2.05, 4.69) is 41.2 Å². The van der Waals surface area contributed by atoms with Crippen LogP contribution in [0.15, 0.2) is 28.7 Å². The molecule has 4 heteroatoms. The Morgan fingerprint density at radius 3 is 2.67 bits per heavy atom. The molecule has 1 saturated heterocycles. The molecule has 2 aromatic rings. The minimum absolute atomic E-state index is 0.390. The van der Waals surface area contributed by atoms with Crippen molar-refractivity contribution in [1.29, 1.82) is 0 Å². The minimum Gasteiger partial charge on any atom is -0.420 e. The first kappa shape index (κ1) is 11.4. The summed E-state index contributed by atoms with van der Waals surface area (Å²) in [6.07, 6.45) is 1.10. The standard InChI is InChI=1S/C14H17N3O/c1-10-3-5-11(6-4-10)13-15-16-14(18-13)12-7-8-17(2)9-12/h3-6,12H,7-9H2,1-2H3. The van der Waals surface area contributed by atoms with Crippen LogP contribution < -0.4 is 0 Å². The van der Waals surface area contributed by atoms with Gasteiger partial charge in [-0.1, -0.05) is 17.7 Å². The molecule has 1 unspecified atom stereocenters. The first-order valence-electron chi connectivity index (χ1n) is 6.31. The second kappa shape index (κ2) is 4.53. The van der Waals surface area contributed by atoms with Gasteiger partial charge in [0, 0.05) is 12.1 Å². The normalized spacial score (nSPS) is 20.4. The molecule has 1 atom stereocenters. The smallest absolute Gasteiger partial charge is 0.247 e. The summed E-state index contributed by atoms with van der Waals surface area (Å²) in [4.78, 5) is 2.29. The van der Waals surface area contributed by atoms with Gasteiger partial charge in [0.1, 0.15) is 0 Å². The minimum atomic E-state index is 0.390. The fourth-order valence-electron chi connectivity index (χ4n) is 2.35. The van der Waals surface area contributed by atoms with Crippen molar-refractivity contribution in [3.05, 3.63) is 35.7 Å². The Labute approximate surface area is 107 Å². The second-order valence-corrected chi connectivity index (χ2v) is 5.06. The molecular formula is C14H17N3O. The van der Waals surface area contributed by atoms with Gasteiger partial charge in [0.15, 0.2) is 0 Å². The molecule has 0 bridgehead atoms. The predicted molar refractivity (Wildman–Crippen MR) is 69.3 cm³/mol. The highest BCUT2D eigenvalue weighted by molar-refractivity contribution is 5.52. The number of rotatable bonds is 2. The van der Waals surface area contributed by atoms with Gasteiger partial charge in [-0.2, -0.15) is 0 Å². The van der Waals surface area contributed by atoms with E-state index in [1.807, 2.05) is 12.1 Å². The monoisotopic (exact) mass is 243 g/mol. The van der Waals surface area contributed by atoms with E-state index in [1.165, 1.54) is 5.56 Å². The molecule has 4 nitrogen and oxygen atoms in total. The molecule has 18 heavy (non-hydrogen) atoms. The van der Waals surface area contributed by atoms with E-state index >= 15 is 0 Å². The van der Waals surface area contributed by atoms with Gasteiger partial charge in [-0.3, -0.25) is 0 Å². The first-order valence-corrected chi connectivity index (χ1v) is 6.31. The molecule has 1 aromatic carbocycles. The van der Waals surface area contributed by atoms with Crippen molar-refractivity contribution in [1.82, 2.24) is 15.1 Å². The average molecular weight is 243 g/mol. The Morgan fingerprint density at radius 2 is 2.00 bits per heavy atom. The molecule has 0 spiro atoms. The van der Waals surface area contributed by atoms with E-state index < -0.39 is 0 Å². The molecular weight excluding hydrogens is 226 g/mol. The molecule has 0 aliphatic carbocycles. The van der Waals surface area contributed by atoms with E-state index in [9.17, 15) is 0 Å². The van der Waals surface area contributed by atoms with E-state index in [-0.39, 0.29) is 0 Å². The Kier molecular flexibility index (Phi) is 2.88. The van der Waals surface area contributed by atoms with Crippen molar-refractivity contribution in [2.24, 2.45) is 0 Å². The fraction of sp³-hybridized carbons (Fsp3) is 0.429. The van der Waals surface area contributed by atoms with Crippen LogP contribution in [0.4, 0.5) is 0 Å². The van der Waals surface area contributed by atoms with Crippen molar-refractivity contribution < 1.29 is 4.42 Å². The SMILES string of the molecule is Cc1ccc(-c2nnc(C3CCN(C)C3)o2)cc1. The number of hydrogen-bond acceptors (Lipinski definition) is 4. The lowest BCUT2D eigenvalue weighted by atomic mass is 10.1. The molecule has 1 aliphatic heterocycles. The molecule has 3 rings (SSSR count). The lowest BCUT2D eigenvalue weighted by molar-refractivity contribution is 0.394. The van der Waals surface area contributed by atoms with Crippen LogP contribution in [0.25, 0.3) is 11.5 Å². The number of likely N-dealkylation sites (tertiary alicyclic amines) is 1. The fourth-order valence-corrected chi connectivity index (χ4v) is 2.35.